The number of rotatable bonds is 10. The number of aryl methyl sites for hydroxylation is 4. The second-order valence-electron chi connectivity index (χ2n) is 18.4. The van der Waals surface area contributed by atoms with Gasteiger partial charge in [-0.25, -0.2) is 24.3 Å². The largest absolute Gasteiger partial charge is 0.494 e. The van der Waals surface area contributed by atoms with Crippen molar-refractivity contribution in [3.63, 3.8) is 0 Å². The van der Waals surface area contributed by atoms with Gasteiger partial charge in [-0.15, -0.1) is 0 Å². The molecule has 0 spiro atoms. The monoisotopic (exact) mass is 922 g/mol. The first kappa shape index (κ1) is 45.0. The Bertz CT molecular complexity index is 3220. The summed E-state index contributed by atoms with van der Waals surface area (Å²) in [4.78, 5) is 49.7. The summed E-state index contributed by atoms with van der Waals surface area (Å²) in [5.74, 6) is 3.01. The third-order valence-corrected chi connectivity index (χ3v) is 14.6. The number of fused-ring (bicyclic) bond motifs is 6. The van der Waals surface area contributed by atoms with Crippen molar-refractivity contribution in [3.05, 3.63) is 84.2 Å². The molecule has 0 radical (unpaired) electrons. The van der Waals surface area contributed by atoms with Crippen molar-refractivity contribution >= 4 is 55.9 Å². The zero-order chi connectivity index (χ0) is 47.5. The summed E-state index contributed by atoms with van der Waals surface area (Å²) in [7, 11) is 7.11. The van der Waals surface area contributed by atoms with Crippen LogP contribution in [0.5, 0.6) is 11.5 Å². The van der Waals surface area contributed by atoms with Crippen molar-refractivity contribution in [2.75, 3.05) is 34.0 Å². The Kier molecular flexibility index (Phi) is 11.9. The molecule has 17 heteroatoms. The molecule has 3 aliphatic rings. The first-order valence-electron chi connectivity index (χ1n) is 23.7. The number of nitrogens with two attached hydrogens (primary N) is 2. The Hall–Kier alpha value is -6.85. The van der Waals surface area contributed by atoms with Gasteiger partial charge in [0.25, 0.3) is 11.8 Å². The van der Waals surface area contributed by atoms with Crippen molar-refractivity contribution < 1.29 is 23.5 Å². The molecule has 1 aliphatic carbocycles. The summed E-state index contributed by atoms with van der Waals surface area (Å²) < 4.78 is 32.9. The third-order valence-electron chi connectivity index (χ3n) is 14.6. The first-order valence-corrected chi connectivity index (χ1v) is 23.7. The van der Waals surface area contributed by atoms with Crippen LogP contribution in [0.2, 0.25) is 0 Å². The van der Waals surface area contributed by atoms with E-state index in [1.54, 1.807) is 26.5 Å². The Labute approximate surface area is 393 Å². The van der Waals surface area contributed by atoms with E-state index >= 15 is 0 Å². The number of imidazole rings is 2. The van der Waals surface area contributed by atoms with Gasteiger partial charge in [-0.05, 0) is 106 Å². The summed E-state index contributed by atoms with van der Waals surface area (Å²) >= 11 is 0. The van der Waals surface area contributed by atoms with Gasteiger partial charge >= 0.3 is 0 Å². The van der Waals surface area contributed by atoms with E-state index in [0.717, 1.165) is 88.8 Å². The molecule has 2 bridgehead atoms. The van der Waals surface area contributed by atoms with E-state index in [2.05, 4.69) is 40.5 Å². The molecule has 11 rings (SSSR count). The minimum atomic E-state index is -0.514. The highest BCUT2D eigenvalue weighted by atomic mass is 19.1. The number of benzene rings is 2. The highest BCUT2D eigenvalue weighted by Crippen LogP contribution is 2.40. The lowest BCUT2D eigenvalue weighted by Crippen LogP contribution is -2.51. The predicted octanol–water partition coefficient (Wildman–Crippen LogP) is 7.09. The molecule has 354 valence electrons. The molecular formula is C51H59FN12O4. The average Bonchev–Trinajstić information content (AvgIpc) is 4.22. The van der Waals surface area contributed by atoms with Crippen molar-refractivity contribution in [2.24, 2.45) is 31.5 Å². The fourth-order valence-corrected chi connectivity index (χ4v) is 11.2. The molecule has 3 fully saturated rings. The fraction of sp³-hybridized carbons (Fsp3) is 0.412. The molecule has 68 heavy (non-hydrogen) atoms. The standard InChI is InChI=1S/C26H32N6O2.C25H27FN6O2/c1-5-19-10-9-18(27)15-32(19)26(33)17-12-20-23(22(14-17)34-4)30(3)25(29-20)21-13-16-8-7-11-28-24(16)31(21)6-2;1-30-22-17(29-24(30)19-11-14-4-3-8-28-23(14)31(19)9-7-26)10-16(12-20(22)34-2)25(33)32-13-15-5-6-18(32)21(15)27/h7-8,11-14,18-19H,5-6,9-10,15,27H2,1-4H3;3-4,8,10-12,15,18,21H,5-7,9,13,27H2,1-2H3/t18-,19+;15-,18-,21-/m01/s1. The van der Waals surface area contributed by atoms with E-state index in [-0.39, 0.29) is 42.5 Å². The number of hydrogen-bond donors (Lipinski definition) is 2. The minimum absolute atomic E-state index is 0.0127. The molecule has 2 amide bonds. The SMILES string of the molecule is CC[C@@H]1CC[C@H](N)CN1C(=O)c1cc(OC)c2c(c1)nc(-c1cc3cccnc3n1CC)n2C.COc1cc(C(=O)N2C[C@H]3CC[C@@H]2[C@@H]3N)cc2nc(-c3cc4cccnc4n3CCF)n(C)c12. The van der Waals surface area contributed by atoms with Crippen molar-refractivity contribution in [3.8, 4) is 34.5 Å². The van der Waals surface area contributed by atoms with E-state index < -0.39 is 6.67 Å². The number of amides is 2. The number of aromatic nitrogens is 8. The predicted molar refractivity (Wildman–Crippen MR) is 261 cm³/mol. The van der Waals surface area contributed by atoms with Crippen LogP contribution in [0.3, 0.4) is 0 Å². The van der Waals surface area contributed by atoms with Crippen LogP contribution in [0.4, 0.5) is 4.39 Å². The molecule has 8 aromatic rings. The Morgan fingerprint density at radius 2 is 1.28 bits per heavy atom. The van der Waals surface area contributed by atoms with Crippen molar-refractivity contribution in [1.29, 1.82) is 0 Å². The van der Waals surface area contributed by atoms with Gasteiger partial charge in [0.15, 0.2) is 11.6 Å². The molecule has 2 aromatic carbocycles. The molecular weight excluding hydrogens is 864 g/mol. The van der Waals surface area contributed by atoms with Gasteiger partial charge < -0.3 is 49.0 Å². The van der Waals surface area contributed by atoms with Crippen molar-refractivity contribution in [2.45, 2.75) is 83.2 Å². The quantitative estimate of drug-likeness (QED) is 0.144. The summed E-state index contributed by atoms with van der Waals surface area (Å²) in [6.07, 6.45) is 8.36. The maximum Gasteiger partial charge on any atom is 0.254 e. The van der Waals surface area contributed by atoms with Gasteiger partial charge in [-0.2, -0.15) is 0 Å². The van der Waals surface area contributed by atoms with Crippen LogP contribution < -0.4 is 20.9 Å². The lowest BCUT2D eigenvalue weighted by atomic mass is 9.96. The molecule has 6 aromatic heterocycles. The lowest BCUT2D eigenvalue weighted by molar-refractivity contribution is 0.0582. The number of methoxy groups -OCH3 is 2. The van der Waals surface area contributed by atoms with Crippen LogP contribution in [-0.4, -0.2) is 118 Å². The molecule has 1 saturated carbocycles. The van der Waals surface area contributed by atoms with Gasteiger partial charge in [0.1, 0.15) is 40.5 Å². The number of alkyl halides is 1. The van der Waals surface area contributed by atoms with Gasteiger partial charge in [0.2, 0.25) is 0 Å². The van der Waals surface area contributed by atoms with E-state index in [1.165, 1.54) is 0 Å². The Balaban J connectivity index is 0.000000159. The van der Waals surface area contributed by atoms with Crippen LogP contribution in [0.1, 0.15) is 66.7 Å². The van der Waals surface area contributed by atoms with Gasteiger partial charge in [-0.1, -0.05) is 6.92 Å². The second kappa shape index (κ2) is 18.0. The molecule has 4 N–H and O–H groups in total. The van der Waals surface area contributed by atoms with Crippen LogP contribution in [0.15, 0.2) is 73.1 Å². The van der Waals surface area contributed by atoms with E-state index in [9.17, 15) is 14.0 Å². The lowest BCUT2D eigenvalue weighted by Gasteiger charge is -2.38. The zero-order valence-electron chi connectivity index (χ0n) is 39.5. The number of carbonyl (C=O) groups is 2. The third kappa shape index (κ3) is 7.42. The van der Waals surface area contributed by atoms with Gasteiger partial charge in [0.05, 0.1) is 43.2 Å². The number of carbonyl (C=O) groups excluding carboxylic acids is 2. The van der Waals surface area contributed by atoms with E-state index in [1.807, 2.05) is 86.3 Å². The normalized spacial score (nSPS) is 20.2. The average molecular weight is 923 g/mol. The van der Waals surface area contributed by atoms with E-state index in [0.29, 0.717) is 58.6 Å². The minimum Gasteiger partial charge on any atom is -0.494 e. The number of hydrogen-bond acceptors (Lipinski definition) is 10. The summed E-state index contributed by atoms with van der Waals surface area (Å²) in [5, 5.41) is 1.99. The number of piperidine rings is 2. The number of nitrogens with zero attached hydrogens (tertiary/aromatic N) is 10. The zero-order valence-corrected chi connectivity index (χ0v) is 39.5. The van der Waals surface area contributed by atoms with Crippen LogP contribution in [0, 0.1) is 5.92 Å². The van der Waals surface area contributed by atoms with Gasteiger partial charge in [-0.3, -0.25) is 9.59 Å². The topological polar surface area (TPSA) is 182 Å². The number of pyridine rings is 2. The second-order valence-corrected chi connectivity index (χ2v) is 18.4. The smallest absolute Gasteiger partial charge is 0.254 e. The van der Waals surface area contributed by atoms with Crippen LogP contribution in [0.25, 0.3) is 67.2 Å². The fourth-order valence-electron chi connectivity index (χ4n) is 11.2. The summed E-state index contributed by atoms with van der Waals surface area (Å²) in [5.41, 5.74) is 20.1. The maximum atomic E-state index is 13.6. The highest BCUT2D eigenvalue weighted by molar-refractivity contribution is 6.02. The Morgan fingerprint density at radius 1 is 0.721 bits per heavy atom. The first-order chi connectivity index (χ1) is 33.0. The molecule has 2 saturated heterocycles. The van der Waals surface area contributed by atoms with E-state index in [4.69, 9.17) is 30.9 Å². The maximum absolute atomic E-state index is 13.6. The Morgan fingerprint density at radius 3 is 1.78 bits per heavy atom. The summed E-state index contributed by atoms with van der Waals surface area (Å²) in [6.45, 7) is 5.94. The van der Waals surface area contributed by atoms with Crippen LogP contribution >= 0.6 is 0 Å². The molecule has 0 unspecified atom stereocenters. The molecule has 16 nitrogen and oxygen atoms in total. The van der Waals surface area contributed by atoms with Crippen molar-refractivity contribution in [1.82, 2.24) is 48.0 Å². The summed E-state index contributed by atoms with van der Waals surface area (Å²) in [6, 6.07) is 19.6. The van der Waals surface area contributed by atoms with Gasteiger partial charge in [0, 0.05) is 92.2 Å². The number of ether oxygens (including phenoxy) is 2. The molecule has 5 atom stereocenters. The van der Waals surface area contributed by atoms with Crippen LogP contribution in [-0.2, 0) is 27.2 Å². The number of likely N-dealkylation sites (tertiary alicyclic amines) is 2. The molecule has 8 heterocycles. The number of halogens is 1. The molecule has 2 aliphatic heterocycles. The highest BCUT2D eigenvalue weighted by Gasteiger charge is 2.47.